The van der Waals surface area contributed by atoms with E-state index in [1.165, 1.54) is 0 Å². The maximum absolute atomic E-state index is 8.64. The maximum Gasteiger partial charge on any atom is 0.157 e. The third-order valence-electron chi connectivity index (χ3n) is 1.21. The van der Waals surface area contributed by atoms with E-state index >= 15 is 0 Å². The number of aliphatic hydroxyl groups excluding tert-OH is 1. The summed E-state index contributed by atoms with van der Waals surface area (Å²) in [5.41, 5.74) is 0.630. The first-order valence-corrected chi connectivity index (χ1v) is 3.70. The van der Waals surface area contributed by atoms with Gasteiger partial charge in [0.1, 0.15) is 16.9 Å². The first-order valence-electron chi connectivity index (χ1n) is 2.94. The Morgan fingerprint density at radius 2 is 1.73 bits per heavy atom. The average molecular weight is 193 g/mol. The zero-order valence-electron chi connectivity index (χ0n) is 5.80. The molecule has 3 nitrogen and oxygen atoms in total. The molecular formula is C6H6Cl2N2O. The SMILES string of the molecule is Cc1c(Cl)nc(CO)nc1Cl. The van der Waals surface area contributed by atoms with Crippen molar-refractivity contribution in [2.75, 3.05) is 0 Å². The Morgan fingerprint density at radius 3 is 2.09 bits per heavy atom. The fourth-order valence-electron chi connectivity index (χ4n) is 0.575. The molecule has 1 aromatic heterocycles. The molecule has 11 heavy (non-hydrogen) atoms. The lowest BCUT2D eigenvalue weighted by atomic mass is 10.4. The van der Waals surface area contributed by atoms with Crippen LogP contribution in [0.1, 0.15) is 11.4 Å². The van der Waals surface area contributed by atoms with E-state index in [0.717, 1.165) is 0 Å². The second-order valence-corrected chi connectivity index (χ2v) is 2.72. The Bertz CT molecular complexity index is 254. The summed E-state index contributed by atoms with van der Waals surface area (Å²) in [6, 6.07) is 0. The zero-order chi connectivity index (χ0) is 8.43. The van der Waals surface area contributed by atoms with Crippen LogP contribution in [0.25, 0.3) is 0 Å². The van der Waals surface area contributed by atoms with E-state index in [1.54, 1.807) is 6.92 Å². The molecule has 1 N–H and O–H groups in total. The predicted molar refractivity (Wildman–Crippen MR) is 42.7 cm³/mol. The molecule has 5 heteroatoms. The smallest absolute Gasteiger partial charge is 0.157 e. The molecule has 0 radical (unpaired) electrons. The van der Waals surface area contributed by atoms with Crippen molar-refractivity contribution in [2.45, 2.75) is 13.5 Å². The molecule has 1 heterocycles. The summed E-state index contributed by atoms with van der Waals surface area (Å²) >= 11 is 11.3. The van der Waals surface area contributed by atoms with Gasteiger partial charge < -0.3 is 5.11 Å². The van der Waals surface area contributed by atoms with Crippen molar-refractivity contribution in [3.63, 3.8) is 0 Å². The molecule has 0 fully saturated rings. The molecular weight excluding hydrogens is 187 g/mol. The van der Waals surface area contributed by atoms with Crippen molar-refractivity contribution in [1.29, 1.82) is 0 Å². The first-order chi connectivity index (χ1) is 5.15. The highest BCUT2D eigenvalue weighted by Crippen LogP contribution is 2.19. The second kappa shape index (κ2) is 3.34. The van der Waals surface area contributed by atoms with Crippen LogP contribution >= 0.6 is 23.2 Å². The number of rotatable bonds is 1. The molecule has 1 rings (SSSR count). The molecule has 0 amide bonds. The summed E-state index contributed by atoms with van der Waals surface area (Å²) < 4.78 is 0. The van der Waals surface area contributed by atoms with Gasteiger partial charge in [-0.05, 0) is 6.92 Å². The molecule has 0 atom stereocenters. The molecule has 0 saturated heterocycles. The fourth-order valence-corrected chi connectivity index (χ4v) is 0.998. The van der Waals surface area contributed by atoms with Gasteiger partial charge in [-0.15, -0.1) is 0 Å². The summed E-state index contributed by atoms with van der Waals surface area (Å²) in [7, 11) is 0. The van der Waals surface area contributed by atoms with Crippen molar-refractivity contribution < 1.29 is 5.11 Å². The van der Waals surface area contributed by atoms with Crippen LogP contribution in [0.15, 0.2) is 0 Å². The van der Waals surface area contributed by atoms with Gasteiger partial charge in [0.2, 0.25) is 0 Å². The molecule has 0 bridgehead atoms. The number of hydrogen-bond acceptors (Lipinski definition) is 3. The summed E-state index contributed by atoms with van der Waals surface area (Å²) in [5.74, 6) is 0.241. The van der Waals surface area contributed by atoms with Gasteiger partial charge in [0.05, 0.1) is 0 Å². The summed E-state index contributed by atoms with van der Waals surface area (Å²) in [5, 5.41) is 9.21. The van der Waals surface area contributed by atoms with E-state index in [9.17, 15) is 0 Å². The Morgan fingerprint density at radius 1 is 1.27 bits per heavy atom. The summed E-state index contributed by atoms with van der Waals surface area (Å²) in [6.45, 7) is 1.46. The highest BCUT2D eigenvalue weighted by Gasteiger charge is 2.05. The Kier molecular flexibility index (Phi) is 2.65. The quantitative estimate of drug-likeness (QED) is 0.688. The molecule has 0 spiro atoms. The highest BCUT2D eigenvalue weighted by atomic mass is 35.5. The van der Waals surface area contributed by atoms with Crippen LogP contribution in [-0.4, -0.2) is 15.1 Å². The highest BCUT2D eigenvalue weighted by molar-refractivity contribution is 6.34. The van der Waals surface area contributed by atoms with Crippen LogP contribution in [0, 0.1) is 6.92 Å². The number of aromatic nitrogens is 2. The monoisotopic (exact) mass is 192 g/mol. The topological polar surface area (TPSA) is 46.0 Å². The van der Waals surface area contributed by atoms with Crippen LogP contribution in [0.5, 0.6) is 0 Å². The minimum atomic E-state index is -0.250. The maximum atomic E-state index is 8.64. The Labute approximate surface area is 74.0 Å². The van der Waals surface area contributed by atoms with Crippen LogP contribution in [0.3, 0.4) is 0 Å². The van der Waals surface area contributed by atoms with Gasteiger partial charge in [-0.25, -0.2) is 9.97 Å². The largest absolute Gasteiger partial charge is 0.388 e. The van der Waals surface area contributed by atoms with E-state index in [1.807, 2.05) is 0 Å². The normalized spacial score (nSPS) is 10.2. The minimum absolute atomic E-state index is 0.241. The van der Waals surface area contributed by atoms with Gasteiger partial charge in [-0.1, -0.05) is 23.2 Å². The van der Waals surface area contributed by atoms with E-state index in [4.69, 9.17) is 28.3 Å². The summed E-state index contributed by atoms with van der Waals surface area (Å²) in [6.07, 6.45) is 0. The molecule has 0 aliphatic rings. The minimum Gasteiger partial charge on any atom is -0.388 e. The van der Waals surface area contributed by atoms with Crippen molar-refractivity contribution in [3.05, 3.63) is 21.7 Å². The second-order valence-electron chi connectivity index (χ2n) is 2.00. The van der Waals surface area contributed by atoms with Crippen LogP contribution in [0.2, 0.25) is 10.3 Å². The molecule has 0 aromatic carbocycles. The summed E-state index contributed by atoms with van der Waals surface area (Å²) in [4.78, 5) is 7.54. The van der Waals surface area contributed by atoms with Crippen molar-refractivity contribution in [2.24, 2.45) is 0 Å². The average Bonchev–Trinajstić information content (AvgIpc) is 1.99. The fraction of sp³-hybridized carbons (Fsp3) is 0.333. The number of halogens is 2. The van der Waals surface area contributed by atoms with Crippen LogP contribution in [-0.2, 0) is 6.61 Å². The van der Waals surface area contributed by atoms with Crippen molar-refractivity contribution >= 4 is 23.2 Å². The molecule has 0 unspecified atom stereocenters. The lowest BCUT2D eigenvalue weighted by molar-refractivity contribution is 0.271. The molecule has 60 valence electrons. The molecule has 0 aliphatic carbocycles. The number of nitrogens with zero attached hydrogens (tertiary/aromatic N) is 2. The number of aliphatic hydroxyl groups is 1. The molecule has 0 aliphatic heterocycles. The van der Waals surface area contributed by atoms with Gasteiger partial charge >= 0.3 is 0 Å². The molecule has 0 saturated carbocycles. The number of hydrogen-bond donors (Lipinski definition) is 1. The molecule has 1 aromatic rings. The van der Waals surface area contributed by atoms with Crippen LogP contribution in [0.4, 0.5) is 0 Å². The Balaban J connectivity index is 3.21. The van der Waals surface area contributed by atoms with Gasteiger partial charge in [0.15, 0.2) is 5.82 Å². The van der Waals surface area contributed by atoms with E-state index < -0.39 is 0 Å². The van der Waals surface area contributed by atoms with Gasteiger partial charge in [0, 0.05) is 5.56 Å². The van der Waals surface area contributed by atoms with Crippen LogP contribution < -0.4 is 0 Å². The Hall–Kier alpha value is -0.380. The predicted octanol–water partition coefficient (Wildman–Crippen LogP) is 1.58. The van der Waals surface area contributed by atoms with Gasteiger partial charge in [-0.2, -0.15) is 0 Å². The van der Waals surface area contributed by atoms with Gasteiger partial charge in [0.25, 0.3) is 0 Å². The van der Waals surface area contributed by atoms with Crippen molar-refractivity contribution in [3.8, 4) is 0 Å². The third-order valence-corrected chi connectivity index (χ3v) is 1.95. The lowest BCUT2D eigenvalue weighted by Gasteiger charge is -2.00. The zero-order valence-corrected chi connectivity index (χ0v) is 7.32. The third kappa shape index (κ3) is 1.80. The van der Waals surface area contributed by atoms with Crippen molar-refractivity contribution in [1.82, 2.24) is 9.97 Å². The van der Waals surface area contributed by atoms with Gasteiger partial charge in [-0.3, -0.25) is 0 Å². The van der Waals surface area contributed by atoms with E-state index in [0.29, 0.717) is 5.56 Å². The van der Waals surface area contributed by atoms with E-state index in [-0.39, 0.29) is 22.7 Å². The standard InChI is InChI=1S/C6H6Cl2N2O/c1-3-5(7)9-4(2-11)10-6(3)8/h11H,2H2,1H3. The van der Waals surface area contributed by atoms with E-state index in [2.05, 4.69) is 9.97 Å². The lowest BCUT2D eigenvalue weighted by Crippen LogP contribution is -1.97. The first kappa shape index (κ1) is 8.71.